The highest BCUT2D eigenvalue weighted by Crippen LogP contribution is 2.34. The zero-order valence-electron chi connectivity index (χ0n) is 14.1. The van der Waals surface area contributed by atoms with E-state index in [2.05, 4.69) is 0 Å². The van der Waals surface area contributed by atoms with Gasteiger partial charge in [0.1, 0.15) is 5.75 Å². The molecule has 0 aliphatic carbocycles. The van der Waals surface area contributed by atoms with Crippen LogP contribution in [0, 0.1) is 5.92 Å². The highest BCUT2D eigenvalue weighted by Gasteiger charge is 2.46. The molecule has 2 fully saturated rings. The van der Waals surface area contributed by atoms with Crippen LogP contribution in [0.4, 0.5) is 0 Å². The number of methoxy groups -OCH3 is 1. The third kappa shape index (κ3) is 3.02. The van der Waals surface area contributed by atoms with Crippen LogP contribution in [0.25, 0.3) is 0 Å². The lowest BCUT2D eigenvalue weighted by Gasteiger charge is -2.22. The molecule has 0 unspecified atom stereocenters. The zero-order valence-corrected chi connectivity index (χ0v) is 15.0. The van der Waals surface area contributed by atoms with Crippen molar-refractivity contribution in [2.75, 3.05) is 33.3 Å². The van der Waals surface area contributed by atoms with E-state index in [9.17, 15) is 13.2 Å². The first kappa shape index (κ1) is 17.2. The van der Waals surface area contributed by atoms with Gasteiger partial charge < -0.3 is 9.64 Å². The molecule has 0 saturated carbocycles. The quantitative estimate of drug-likeness (QED) is 0.828. The minimum absolute atomic E-state index is 0.0568. The predicted octanol–water partition coefficient (Wildman–Crippen LogP) is 1.58. The number of hydrogen-bond donors (Lipinski definition) is 0. The van der Waals surface area contributed by atoms with E-state index in [0.29, 0.717) is 43.9 Å². The van der Waals surface area contributed by atoms with Crippen LogP contribution in [0.1, 0.15) is 30.1 Å². The van der Waals surface area contributed by atoms with E-state index in [1.807, 2.05) is 6.92 Å². The number of rotatable bonds is 3. The largest absolute Gasteiger partial charge is 0.497 e. The summed E-state index contributed by atoms with van der Waals surface area (Å²) < 4.78 is 31.9. The fourth-order valence-electron chi connectivity index (χ4n) is 3.75. The van der Waals surface area contributed by atoms with E-state index in [-0.39, 0.29) is 17.1 Å². The Hall–Kier alpha value is -1.60. The first-order chi connectivity index (χ1) is 11.5. The Morgan fingerprint density at radius 3 is 2.75 bits per heavy atom. The lowest BCUT2D eigenvalue weighted by atomic mass is 10.0. The maximum atomic E-state index is 12.7. The van der Waals surface area contributed by atoms with Crippen LogP contribution in [-0.2, 0) is 10.0 Å². The Kier molecular flexibility index (Phi) is 4.83. The standard InChI is InChI=1S/C17H24N2O4S/c1-3-19-12-14-7-9-18(10-8-16(14)24(19,21)22)17(20)13-5-4-6-15(11-13)23-2/h4-6,11,14,16H,3,7-10,12H2,1-2H3/t14-,16-/m0/s1. The Labute approximate surface area is 143 Å². The molecule has 2 saturated heterocycles. The van der Waals surface area contributed by atoms with Crippen LogP contribution in [0.3, 0.4) is 0 Å². The molecule has 1 aromatic rings. The molecule has 2 atom stereocenters. The highest BCUT2D eigenvalue weighted by molar-refractivity contribution is 7.90. The number of sulfonamides is 1. The summed E-state index contributed by atoms with van der Waals surface area (Å²) in [6.45, 7) is 4.08. The molecule has 0 bridgehead atoms. The summed E-state index contributed by atoms with van der Waals surface area (Å²) in [5.41, 5.74) is 0.583. The van der Waals surface area contributed by atoms with Gasteiger partial charge >= 0.3 is 0 Å². The van der Waals surface area contributed by atoms with Crippen molar-refractivity contribution >= 4 is 15.9 Å². The summed E-state index contributed by atoms with van der Waals surface area (Å²) >= 11 is 0. The van der Waals surface area contributed by atoms with E-state index >= 15 is 0 Å². The molecule has 132 valence electrons. The Bertz CT molecular complexity index is 719. The average molecular weight is 352 g/mol. The van der Waals surface area contributed by atoms with E-state index in [1.165, 1.54) is 0 Å². The SMILES string of the molecule is CCN1C[C@@H]2CCN(C(=O)c3cccc(OC)c3)CC[C@@H]2S1(=O)=O. The monoisotopic (exact) mass is 352 g/mol. The second kappa shape index (κ2) is 6.72. The van der Waals surface area contributed by atoms with Crippen molar-refractivity contribution in [3.8, 4) is 5.75 Å². The van der Waals surface area contributed by atoms with Gasteiger partial charge in [-0.25, -0.2) is 12.7 Å². The Morgan fingerprint density at radius 2 is 2.04 bits per heavy atom. The summed E-state index contributed by atoms with van der Waals surface area (Å²) in [5.74, 6) is 0.713. The minimum atomic E-state index is -3.21. The summed E-state index contributed by atoms with van der Waals surface area (Å²) in [6, 6.07) is 7.09. The van der Waals surface area contributed by atoms with E-state index < -0.39 is 10.0 Å². The fourth-order valence-corrected chi connectivity index (χ4v) is 6.00. The van der Waals surface area contributed by atoms with Crippen LogP contribution in [0.2, 0.25) is 0 Å². The number of fused-ring (bicyclic) bond motifs is 1. The Morgan fingerprint density at radius 1 is 1.29 bits per heavy atom. The van der Waals surface area contributed by atoms with Gasteiger partial charge in [-0.05, 0) is 37.0 Å². The molecule has 0 spiro atoms. The van der Waals surface area contributed by atoms with Crippen molar-refractivity contribution in [2.45, 2.75) is 25.0 Å². The first-order valence-corrected chi connectivity index (χ1v) is 9.90. The summed E-state index contributed by atoms with van der Waals surface area (Å²) in [6.07, 6.45) is 1.25. The lowest BCUT2D eigenvalue weighted by molar-refractivity contribution is 0.0758. The average Bonchev–Trinajstić information content (AvgIpc) is 2.74. The van der Waals surface area contributed by atoms with Gasteiger partial charge in [-0.2, -0.15) is 0 Å². The number of likely N-dealkylation sites (tertiary alicyclic amines) is 1. The topological polar surface area (TPSA) is 66.9 Å². The molecule has 0 radical (unpaired) electrons. The van der Waals surface area contributed by atoms with Gasteiger partial charge in [0.25, 0.3) is 5.91 Å². The van der Waals surface area contributed by atoms with E-state index in [1.54, 1.807) is 40.6 Å². The van der Waals surface area contributed by atoms with Crippen LogP contribution in [0.5, 0.6) is 5.75 Å². The van der Waals surface area contributed by atoms with Crippen molar-refractivity contribution < 1.29 is 17.9 Å². The molecule has 2 aliphatic heterocycles. The molecule has 2 aliphatic rings. The molecular formula is C17H24N2O4S. The number of amides is 1. The maximum absolute atomic E-state index is 12.7. The molecule has 6 nitrogen and oxygen atoms in total. The number of carbonyl (C=O) groups excluding carboxylic acids is 1. The zero-order chi connectivity index (χ0) is 17.3. The van der Waals surface area contributed by atoms with E-state index in [0.717, 1.165) is 6.42 Å². The van der Waals surface area contributed by atoms with Crippen molar-refractivity contribution in [1.82, 2.24) is 9.21 Å². The minimum Gasteiger partial charge on any atom is -0.497 e. The second-order valence-electron chi connectivity index (χ2n) is 6.40. The van der Waals surface area contributed by atoms with Crippen LogP contribution < -0.4 is 4.74 Å². The fraction of sp³-hybridized carbons (Fsp3) is 0.588. The lowest BCUT2D eigenvalue weighted by Crippen LogP contribution is -2.34. The molecule has 1 aromatic carbocycles. The van der Waals surface area contributed by atoms with Crippen LogP contribution in [0.15, 0.2) is 24.3 Å². The van der Waals surface area contributed by atoms with Crippen molar-refractivity contribution in [3.05, 3.63) is 29.8 Å². The van der Waals surface area contributed by atoms with Gasteiger partial charge in [-0.3, -0.25) is 4.79 Å². The van der Waals surface area contributed by atoms with Gasteiger partial charge in [-0.1, -0.05) is 13.0 Å². The van der Waals surface area contributed by atoms with Gasteiger partial charge in [0, 0.05) is 31.7 Å². The number of ether oxygens (including phenoxy) is 1. The summed E-state index contributed by atoms with van der Waals surface area (Å²) in [7, 11) is -1.64. The third-order valence-electron chi connectivity index (χ3n) is 5.12. The Balaban J connectivity index is 1.74. The smallest absolute Gasteiger partial charge is 0.253 e. The molecule has 3 rings (SSSR count). The highest BCUT2D eigenvalue weighted by atomic mass is 32.2. The molecule has 0 aromatic heterocycles. The van der Waals surface area contributed by atoms with Gasteiger partial charge in [-0.15, -0.1) is 0 Å². The summed E-state index contributed by atoms with van der Waals surface area (Å²) in [4.78, 5) is 14.5. The first-order valence-electron chi connectivity index (χ1n) is 8.39. The predicted molar refractivity (Wildman–Crippen MR) is 91.6 cm³/mol. The molecule has 7 heteroatoms. The van der Waals surface area contributed by atoms with Crippen LogP contribution in [-0.4, -0.2) is 62.1 Å². The van der Waals surface area contributed by atoms with Crippen molar-refractivity contribution in [1.29, 1.82) is 0 Å². The normalized spacial score (nSPS) is 26.7. The molecule has 24 heavy (non-hydrogen) atoms. The van der Waals surface area contributed by atoms with Gasteiger partial charge in [0.15, 0.2) is 0 Å². The second-order valence-corrected chi connectivity index (χ2v) is 8.55. The third-order valence-corrected chi connectivity index (χ3v) is 7.63. The molecule has 2 heterocycles. The molecule has 0 N–H and O–H groups in total. The van der Waals surface area contributed by atoms with Crippen molar-refractivity contribution in [3.63, 3.8) is 0 Å². The number of benzene rings is 1. The maximum Gasteiger partial charge on any atom is 0.253 e. The van der Waals surface area contributed by atoms with Gasteiger partial charge in [0.05, 0.1) is 12.4 Å². The van der Waals surface area contributed by atoms with Crippen LogP contribution >= 0.6 is 0 Å². The number of hydrogen-bond acceptors (Lipinski definition) is 4. The van der Waals surface area contributed by atoms with E-state index in [4.69, 9.17) is 4.74 Å². The summed E-state index contributed by atoms with van der Waals surface area (Å²) in [5, 5.41) is -0.347. The van der Waals surface area contributed by atoms with Crippen molar-refractivity contribution in [2.24, 2.45) is 5.92 Å². The van der Waals surface area contributed by atoms with Gasteiger partial charge in [0.2, 0.25) is 10.0 Å². The molecule has 1 amide bonds. The number of nitrogens with zero attached hydrogens (tertiary/aromatic N) is 2. The molecular weight excluding hydrogens is 328 g/mol. The number of carbonyl (C=O) groups is 1.